The number of carbonyl (C=O) groups is 1. The molecule has 1 aliphatic rings. The van der Waals surface area contributed by atoms with Crippen molar-refractivity contribution in [2.24, 2.45) is 5.41 Å². The van der Waals surface area contributed by atoms with Crippen molar-refractivity contribution in [3.8, 4) is 0 Å². The highest BCUT2D eigenvalue weighted by Gasteiger charge is 2.38. The molecule has 1 fully saturated rings. The molecule has 0 radical (unpaired) electrons. The fraction of sp³-hybridized carbons (Fsp3) is 0.923. The summed E-state index contributed by atoms with van der Waals surface area (Å²) in [4.78, 5) is 12.2. The van der Waals surface area contributed by atoms with Crippen LogP contribution in [-0.2, 0) is 4.79 Å². The highest BCUT2D eigenvalue weighted by atomic mass is 16.2. The molecular formula is C13H26N2O. The van der Waals surface area contributed by atoms with Crippen LogP contribution < -0.4 is 10.6 Å². The molecule has 2 N–H and O–H groups in total. The molecule has 1 aliphatic carbocycles. The summed E-state index contributed by atoms with van der Waals surface area (Å²) in [6.07, 6.45) is 5.55. The van der Waals surface area contributed by atoms with Gasteiger partial charge in [0.1, 0.15) is 0 Å². The number of rotatable bonds is 6. The second-order valence-electron chi connectivity index (χ2n) is 5.01. The molecule has 0 heterocycles. The van der Waals surface area contributed by atoms with Gasteiger partial charge in [-0.15, -0.1) is 0 Å². The lowest BCUT2D eigenvalue weighted by Crippen LogP contribution is -2.44. The molecule has 0 aromatic heterocycles. The molecule has 1 atom stereocenters. The van der Waals surface area contributed by atoms with E-state index >= 15 is 0 Å². The van der Waals surface area contributed by atoms with Gasteiger partial charge in [-0.25, -0.2) is 0 Å². The van der Waals surface area contributed by atoms with Crippen molar-refractivity contribution < 1.29 is 4.79 Å². The molecule has 1 amide bonds. The zero-order valence-electron chi connectivity index (χ0n) is 10.9. The smallest absolute Gasteiger partial charge is 0.226 e. The summed E-state index contributed by atoms with van der Waals surface area (Å²) < 4.78 is 0. The van der Waals surface area contributed by atoms with Crippen LogP contribution in [0.3, 0.4) is 0 Å². The lowest BCUT2D eigenvalue weighted by molar-refractivity contribution is -0.131. The van der Waals surface area contributed by atoms with Crippen molar-refractivity contribution in [1.29, 1.82) is 0 Å². The maximum atomic E-state index is 12.2. The second kappa shape index (κ2) is 6.24. The minimum Gasteiger partial charge on any atom is -0.354 e. The lowest BCUT2D eigenvalue weighted by Gasteiger charge is -2.27. The van der Waals surface area contributed by atoms with Gasteiger partial charge in [0.2, 0.25) is 5.91 Å². The standard InChI is InChI=1S/C13H26N2O/c1-4-13(8-6-7-9-13)12(16)15-10-11(3)14-5-2/h11,14H,4-10H2,1-3H3,(H,15,16)/t11-/m1/s1. The Bertz CT molecular complexity index is 222. The van der Waals surface area contributed by atoms with E-state index in [9.17, 15) is 4.79 Å². The second-order valence-corrected chi connectivity index (χ2v) is 5.01. The van der Waals surface area contributed by atoms with E-state index in [0.29, 0.717) is 6.04 Å². The number of hydrogen-bond acceptors (Lipinski definition) is 2. The number of amides is 1. The van der Waals surface area contributed by atoms with Gasteiger partial charge in [-0.2, -0.15) is 0 Å². The predicted molar refractivity (Wildman–Crippen MR) is 67.3 cm³/mol. The van der Waals surface area contributed by atoms with Gasteiger partial charge in [0.05, 0.1) is 0 Å². The average Bonchev–Trinajstić information content (AvgIpc) is 2.76. The molecule has 0 saturated heterocycles. The van der Waals surface area contributed by atoms with Crippen LogP contribution in [0.4, 0.5) is 0 Å². The minimum atomic E-state index is -0.0497. The van der Waals surface area contributed by atoms with E-state index in [1.807, 2.05) is 0 Å². The van der Waals surface area contributed by atoms with Gasteiger partial charge in [-0.3, -0.25) is 4.79 Å². The fourth-order valence-electron chi connectivity index (χ4n) is 2.65. The first-order valence-corrected chi connectivity index (χ1v) is 6.66. The third-order valence-electron chi connectivity index (χ3n) is 3.84. The van der Waals surface area contributed by atoms with Gasteiger partial charge in [-0.05, 0) is 32.7 Å². The fourth-order valence-corrected chi connectivity index (χ4v) is 2.65. The molecule has 1 rings (SSSR count). The largest absolute Gasteiger partial charge is 0.354 e. The zero-order chi connectivity index (χ0) is 12.0. The Labute approximate surface area is 99.4 Å². The number of carbonyl (C=O) groups excluding carboxylic acids is 1. The van der Waals surface area contributed by atoms with Crippen LogP contribution in [0.1, 0.15) is 52.9 Å². The van der Waals surface area contributed by atoms with Gasteiger partial charge in [0.25, 0.3) is 0 Å². The molecule has 0 bridgehead atoms. The SMILES string of the molecule is CCN[C@H](C)CNC(=O)C1(CC)CCCC1. The molecule has 0 unspecified atom stereocenters. The summed E-state index contributed by atoms with van der Waals surface area (Å²) in [5, 5.41) is 6.41. The normalized spacial score (nSPS) is 20.7. The van der Waals surface area contributed by atoms with E-state index in [4.69, 9.17) is 0 Å². The first-order chi connectivity index (χ1) is 7.64. The Morgan fingerprint density at radius 1 is 1.31 bits per heavy atom. The molecule has 0 aliphatic heterocycles. The number of likely N-dealkylation sites (N-methyl/N-ethyl adjacent to an activating group) is 1. The topological polar surface area (TPSA) is 41.1 Å². The van der Waals surface area contributed by atoms with Gasteiger partial charge >= 0.3 is 0 Å². The molecule has 3 nitrogen and oxygen atoms in total. The monoisotopic (exact) mass is 226 g/mol. The molecule has 0 aromatic rings. The van der Waals surface area contributed by atoms with Gasteiger partial charge in [0, 0.05) is 18.0 Å². The molecule has 1 saturated carbocycles. The summed E-state index contributed by atoms with van der Waals surface area (Å²) in [5.41, 5.74) is -0.0497. The number of hydrogen-bond donors (Lipinski definition) is 2. The highest BCUT2D eigenvalue weighted by molar-refractivity contribution is 5.82. The van der Waals surface area contributed by atoms with Gasteiger partial charge < -0.3 is 10.6 Å². The average molecular weight is 226 g/mol. The molecule has 94 valence electrons. The molecular weight excluding hydrogens is 200 g/mol. The summed E-state index contributed by atoms with van der Waals surface area (Å²) in [5.74, 6) is 0.275. The van der Waals surface area contributed by atoms with E-state index in [-0.39, 0.29) is 11.3 Å². The van der Waals surface area contributed by atoms with Crippen LogP contribution in [0.25, 0.3) is 0 Å². The Kier molecular flexibility index (Phi) is 5.26. The van der Waals surface area contributed by atoms with Crippen LogP contribution in [-0.4, -0.2) is 25.0 Å². The Hall–Kier alpha value is -0.570. The van der Waals surface area contributed by atoms with Crippen molar-refractivity contribution in [3.05, 3.63) is 0 Å². The first kappa shape index (κ1) is 13.5. The van der Waals surface area contributed by atoms with Gasteiger partial charge in [-0.1, -0.05) is 26.7 Å². The third kappa shape index (κ3) is 3.21. The molecule has 0 aromatic carbocycles. The summed E-state index contributed by atoms with van der Waals surface area (Å²) in [6.45, 7) is 8.03. The van der Waals surface area contributed by atoms with Crippen LogP contribution in [0.5, 0.6) is 0 Å². The van der Waals surface area contributed by atoms with Crippen molar-refractivity contribution >= 4 is 5.91 Å². The van der Waals surface area contributed by atoms with Crippen molar-refractivity contribution in [2.45, 2.75) is 58.9 Å². The van der Waals surface area contributed by atoms with E-state index in [1.165, 1.54) is 12.8 Å². The summed E-state index contributed by atoms with van der Waals surface area (Å²) >= 11 is 0. The van der Waals surface area contributed by atoms with E-state index in [2.05, 4.69) is 31.4 Å². The predicted octanol–water partition coefficient (Wildman–Crippen LogP) is 2.07. The zero-order valence-corrected chi connectivity index (χ0v) is 10.9. The Balaban J connectivity index is 2.38. The molecule has 16 heavy (non-hydrogen) atoms. The van der Waals surface area contributed by atoms with E-state index in [1.54, 1.807) is 0 Å². The first-order valence-electron chi connectivity index (χ1n) is 6.66. The molecule has 0 spiro atoms. The van der Waals surface area contributed by atoms with Crippen molar-refractivity contribution in [3.63, 3.8) is 0 Å². The lowest BCUT2D eigenvalue weighted by atomic mass is 9.82. The van der Waals surface area contributed by atoms with Crippen molar-refractivity contribution in [1.82, 2.24) is 10.6 Å². The van der Waals surface area contributed by atoms with Crippen molar-refractivity contribution in [2.75, 3.05) is 13.1 Å². The van der Waals surface area contributed by atoms with E-state index in [0.717, 1.165) is 32.4 Å². The quantitative estimate of drug-likeness (QED) is 0.728. The van der Waals surface area contributed by atoms with E-state index < -0.39 is 0 Å². The molecule has 3 heteroatoms. The van der Waals surface area contributed by atoms with Gasteiger partial charge in [0.15, 0.2) is 0 Å². The Morgan fingerprint density at radius 2 is 1.94 bits per heavy atom. The third-order valence-corrected chi connectivity index (χ3v) is 3.84. The maximum absolute atomic E-state index is 12.2. The minimum absolute atomic E-state index is 0.0497. The maximum Gasteiger partial charge on any atom is 0.226 e. The number of nitrogens with one attached hydrogen (secondary N) is 2. The Morgan fingerprint density at radius 3 is 2.44 bits per heavy atom. The summed E-state index contributed by atoms with van der Waals surface area (Å²) in [7, 11) is 0. The van der Waals surface area contributed by atoms with Crippen LogP contribution in [0.15, 0.2) is 0 Å². The van der Waals surface area contributed by atoms with Crippen LogP contribution >= 0.6 is 0 Å². The van der Waals surface area contributed by atoms with Crippen LogP contribution in [0.2, 0.25) is 0 Å². The van der Waals surface area contributed by atoms with Crippen LogP contribution in [0, 0.1) is 5.41 Å². The summed E-state index contributed by atoms with van der Waals surface area (Å²) in [6, 6.07) is 0.365. The highest BCUT2D eigenvalue weighted by Crippen LogP contribution is 2.40.